The lowest BCUT2D eigenvalue weighted by atomic mass is 9.77. The summed E-state index contributed by atoms with van der Waals surface area (Å²) >= 11 is 0. The highest BCUT2D eigenvalue weighted by Crippen LogP contribution is 2.30. The van der Waals surface area contributed by atoms with E-state index in [1.54, 1.807) is 24.3 Å². The summed E-state index contributed by atoms with van der Waals surface area (Å²) < 4.78 is 0. The molecule has 18 heavy (non-hydrogen) atoms. The summed E-state index contributed by atoms with van der Waals surface area (Å²) in [6, 6.07) is 6.89. The zero-order valence-corrected chi connectivity index (χ0v) is 11.0. The van der Waals surface area contributed by atoms with Gasteiger partial charge in [0.1, 0.15) is 0 Å². The van der Waals surface area contributed by atoms with E-state index in [1.165, 1.54) is 6.92 Å². The molecule has 0 heterocycles. The van der Waals surface area contributed by atoms with Gasteiger partial charge in [-0.25, -0.2) is 0 Å². The molecule has 1 amide bonds. The number of Topliss-reactive ketones (excluding diaryl/α,β-unsaturated/α-hetero) is 1. The van der Waals surface area contributed by atoms with Gasteiger partial charge in [0, 0.05) is 11.3 Å². The van der Waals surface area contributed by atoms with E-state index in [0.717, 1.165) is 19.3 Å². The number of amides is 1. The average molecular weight is 269 g/mol. The summed E-state index contributed by atoms with van der Waals surface area (Å²) in [6.45, 7) is 1.50. The van der Waals surface area contributed by atoms with Gasteiger partial charge in [-0.3, -0.25) is 9.59 Å². The molecule has 5 heteroatoms. The molecular weight excluding hydrogens is 252 g/mol. The van der Waals surface area contributed by atoms with Crippen LogP contribution in [-0.2, 0) is 4.79 Å². The van der Waals surface area contributed by atoms with Crippen LogP contribution in [0.3, 0.4) is 0 Å². The second-order valence-corrected chi connectivity index (χ2v) is 4.60. The van der Waals surface area contributed by atoms with E-state index < -0.39 is 5.54 Å². The van der Waals surface area contributed by atoms with Crippen LogP contribution in [0.15, 0.2) is 24.3 Å². The lowest BCUT2D eigenvalue weighted by molar-refractivity contribution is -0.123. The van der Waals surface area contributed by atoms with Crippen molar-refractivity contribution in [2.45, 2.75) is 31.7 Å². The molecule has 1 fully saturated rings. The van der Waals surface area contributed by atoms with Crippen molar-refractivity contribution in [3.8, 4) is 0 Å². The van der Waals surface area contributed by atoms with E-state index in [4.69, 9.17) is 5.73 Å². The Balaban J connectivity index is 0.00000162. The number of carbonyl (C=O) groups excluding carboxylic acids is 2. The van der Waals surface area contributed by atoms with Crippen LogP contribution in [0.1, 0.15) is 36.5 Å². The Kier molecular flexibility index (Phi) is 4.48. The van der Waals surface area contributed by atoms with Gasteiger partial charge in [-0.15, -0.1) is 12.4 Å². The van der Waals surface area contributed by atoms with Gasteiger partial charge < -0.3 is 11.1 Å². The molecule has 0 unspecified atom stereocenters. The molecule has 1 aliphatic carbocycles. The summed E-state index contributed by atoms with van der Waals surface area (Å²) in [6.07, 6.45) is 2.45. The van der Waals surface area contributed by atoms with Crippen LogP contribution in [-0.4, -0.2) is 17.2 Å². The third-order valence-electron chi connectivity index (χ3n) is 3.22. The highest BCUT2D eigenvalue weighted by molar-refractivity contribution is 6.00. The zero-order valence-electron chi connectivity index (χ0n) is 10.2. The first-order valence-electron chi connectivity index (χ1n) is 5.73. The molecule has 0 radical (unpaired) electrons. The Bertz CT molecular complexity index is 470. The molecule has 0 aromatic heterocycles. The summed E-state index contributed by atoms with van der Waals surface area (Å²) in [5.41, 5.74) is 6.41. The summed E-state index contributed by atoms with van der Waals surface area (Å²) in [4.78, 5) is 23.1. The van der Waals surface area contributed by atoms with Crippen molar-refractivity contribution in [2.75, 3.05) is 5.32 Å². The first kappa shape index (κ1) is 14.7. The summed E-state index contributed by atoms with van der Waals surface area (Å²) in [5.74, 6) is -0.184. The van der Waals surface area contributed by atoms with E-state index in [-0.39, 0.29) is 24.1 Å². The molecule has 0 aliphatic heterocycles. The maximum absolute atomic E-state index is 11.9. The van der Waals surface area contributed by atoms with Gasteiger partial charge >= 0.3 is 0 Å². The Morgan fingerprint density at radius 1 is 1.33 bits per heavy atom. The van der Waals surface area contributed by atoms with Gasteiger partial charge in [-0.05, 0) is 38.3 Å². The minimum atomic E-state index is -0.716. The SMILES string of the molecule is CC(=O)c1cccc(NC(=O)C2(N)CCC2)c1.Cl. The molecule has 4 nitrogen and oxygen atoms in total. The van der Waals surface area contributed by atoms with Gasteiger partial charge in [-0.2, -0.15) is 0 Å². The van der Waals surface area contributed by atoms with Crippen molar-refractivity contribution in [3.05, 3.63) is 29.8 Å². The summed E-state index contributed by atoms with van der Waals surface area (Å²) in [5, 5.41) is 2.76. The van der Waals surface area contributed by atoms with E-state index in [2.05, 4.69) is 5.32 Å². The van der Waals surface area contributed by atoms with E-state index in [9.17, 15) is 9.59 Å². The number of carbonyl (C=O) groups is 2. The smallest absolute Gasteiger partial charge is 0.244 e. The number of hydrogen-bond acceptors (Lipinski definition) is 3. The highest BCUT2D eigenvalue weighted by atomic mass is 35.5. The van der Waals surface area contributed by atoms with E-state index in [1.807, 2.05) is 0 Å². The third kappa shape index (κ3) is 2.89. The lowest BCUT2D eigenvalue weighted by Gasteiger charge is -2.36. The lowest BCUT2D eigenvalue weighted by Crippen LogP contribution is -2.56. The molecule has 0 spiro atoms. The molecule has 98 valence electrons. The number of ketones is 1. The first-order valence-corrected chi connectivity index (χ1v) is 5.73. The number of halogens is 1. The number of nitrogens with two attached hydrogens (primary N) is 1. The fraction of sp³-hybridized carbons (Fsp3) is 0.385. The Morgan fingerprint density at radius 3 is 2.50 bits per heavy atom. The maximum atomic E-state index is 11.9. The molecule has 0 saturated heterocycles. The minimum Gasteiger partial charge on any atom is -0.324 e. The number of rotatable bonds is 3. The van der Waals surface area contributed by atoms with E-state index in [0.29, 0.717) is 11.3 Å². The third-order valence-corrected chi connectivity index (χ3v) is 3.22. The van der Waals surface area contributed by atoms with Crippen LogP contribution < -0.4 is 11.1 Å². The number of nitrogens with one attached hydrogen (secondary N) is 1. The monoisotopic (exact) mass is 268 g/mol. The van der Waals surface area contributed by atoms with Crippen LogP contribution in [0.4, 0.5) is 5.69 Å². The molecule has 3 N–H and O–H groups in total. The molecule has 2 rings (SSSR count). The van der Waals surface area contributed by atoms with Crippen molar-refractivity contribution >= 4 is 29.8 Å². The summed E-state index contributed by atoms with van der Waals surface area (Å²) in [7, 11) is 0. The van der Waals surface area contributed by atoms with Crippen LogP contribution in [0.2, 0.25) is 0 Å². The molecule has 1 aromatic rings. The predicted molar refractivity (Wildman–Crippen MR) is 73.1 cm³/mol. The standard InChI is InChI=1S/C13H16N2O2.ClH/c1-9(16)10-4-2-5-11(8-10)15-12(17)13(14)6-3-7-13;/h2,4-5,8H,3,6-7,14H2,1H3,(H,15,17);1H. The van der Waals surface area contributed by atoms with Gasteiger partial charge in [-0.1, -0.05) is 12.1 Å². The normalized spacial score (nSPS) is 16.1. The quantitative estimate of drug-likeness (QED) is 0.825. The van der Waals surface area contributed by atoms with Crippen LogP contribution in [0.5, 0.6) is 0 Å². The molecule has 0 atom stereocenters. The predicted octanol–water partition coefficient (Wildman–Crippen LogP) is 2.13. The van der Waals surface area contributed by atoms with Crippen molar-refractivity contribution < 1.29 is 9.59 Å². The molecule has 1 saturated carbocycles. The first-order chi connectivity index (χ1) is 8.01. The number of benzene rings is 1. The second-order valence-electron chi connectivity index (χ2n) is 4.60. The Morgan fingerprint density at radius 2 is 2.00 bits per heavy atom. The van der Waals surface area contributed by atoms with Crippen molar-refractivity contribution in [1.82, 2.24) is 0 Å². The Hall–Kier alpha value is -1.39. The van der Waals surface area contributed by atoms with Crippen LogP contribution in [0.25, 0.3) is 0 Å². The topological polar surface area (TPSA) is 72.2 Å². The van der Waals surface area contributed by atoms with Crippen molar-refractivity contribution in [3.63, 3.8) is 0 Å². The molecular formula is C13H17ClN2O2. The number of hydrogen-bond donors (Lipinski definition) is 2. The fourth-order valence-corrected chi connectivity index (χ4v) is 1.86. The van der Waals surface area contributed by atoms with Crippen LogP contribution >= 0.6 is 12.4 Å². The second kappa shape index (κ2) is 5.50. The number of anilines is 1. The zero-order chi connectivity index (χ0) is 12.5. The van der Waals surface area contributed by atoms with Crippen molar-refractivity contribution in [2.24, 2.45) is 5.73 Å². The van der Waals surface area contributed by atoms with Gasteiger partial charge in [0.25, 0.3) is 0 Å². The maximum Gasteiger partial charge on any atom is 0.244 e. The fourth-order valence-electron chi connectivity index (χ4n) is 1.86. The molecule has 0 bridgehead atoms. The largest absolute Gasteiger partial charge is 0.324 e. The minimum absolute atomic E-state index is 0. The van der Waals surface area contributed by atoms with Crippen LogP contribution in [0, 0.1) is 0 Å². The van der Waals surface area contributed by atoms with Gasteiger partial charge in [0.15, 0.2) is 5.78 Å². The Labute approximate surface area is 112 Å². The molecule has 1 aromatic carbocycles. The van der Waals surface area contributed by atoms with Gasteiger partial charge in [0.05, 0.1) is 5.54 Å². The van der Waals surface area contributed by atoms with E-state index >= 15 is 0 Å². The highest BCUT2D eigenvalue weighted by Gasteiger charge is 2.40. The average Bonchev–Trinajstić information content (AvgIpc) is 2.26. The van der Waals surface area contributed by atoms with Gasteiger partial charge in [0.2, 0.25) is 5.91 Å². The molecule has 1 aliphatic rings. The van der Waals surface area contributed by atoms with Crippen molar-refractivity contribution in [1.29, 1.82) is 0 Å².